The molecule has 1 unspecified atom stereocenters. The van der Waals surface area contributed by atoms with Gasteiger partial charge in [-0.3, -0.25) is 0 Å². The topological polar surface area (TPSA) is 61.3 Å². The van der Waals surface area contributed by atoms with Gasteiger partial charge in [-0.05, 0) is 13.3 Å². The minimum atomic E-state index is -0.530. The van der Waals surface area contributed by atoms with E-state index in [1.54, 1.807) is 6.07 Å². The molecule has 0 saturated carbocycles. The van der Waals surface area contributed by atoms with Crippen LogP contribution in [0.25, 0.3) is 0 Å². The van der Waals surface area contributed by atoms with Crippen molar-refractivity contribution in [2.24, 2.45) is 0 Å². The number of nitrogens with zero attached hydrogens (tertiary/aromatic N) is 2. The highest BCUT2D eigenvalue weighted by Crippen LogP contribution is 2.33. The molecule has 6 heteroatoms. The largest absolute Gasteiger partial charge is 0.481 e. The Kier molecular flexibility index (Phi) is 4.74. The Morgan fingerprint density at radius 2 is 1.88 bits per heavy atom. The molecule has 0 aliphatic heterocycles. The van der Waals surface area contributed by atoms with Crippen molar-refractivity contribution >= 4 is 18.0 Å². The summed E-state index contributed by atoms with van der Waals surface area (Å²) in [6.45, 7) is 3.79. The molecule has 1 heterocycles. The van der Waals surface area contributed by atoms with Crippen LogP contribution < -0.4 is 9.47 Å². The third kappa shape index (κ3) is 3.59. The number of aldehydes is 1. The van der Waals surface area contributed by atoms with E-state index >= 15 is 0 Å². The van der Waals surface area contributed by atoms with Gasteiger partial charge in [-0.15, -0.1) is 0 Å². The van der Waals surface area contributed by atoms with Crippen molar-refractivity contribution in [2.75, 3.05) is 14.2 Å². The van der Waals surface area contributed by atoms with Crippen molar-refractivity contribution < 1.29 is 14.3 Å². The van der Waals surface area contributed by atoms with E-state index in [4.69, 9.17) is 9.47 Å². The van der Waals surface area contributed by atoms with Crippen molar-refractivity contribution in [3.05, 3.63) is 6.07 Å². The van der Waals surface area contributed by atoms with Crippen LogP contribution in [0.15, 0.2) is 11.2 Å². The molecule has 17 heavy (non-hydrogen) atoms. The van der Waals surface area contributed by atoms with Crippen LogP contribution in [0.4, 0.5) is 0 Å². The third-order valence-corrected chi connectivity index (χ3v) is 3.57. The first-order valence-corrected chi connectivity index (χ1v) is 6.01. The van der Waals surface area contributed by atoms with E-state index in [2.05, 4.69) is 9.97 Å². The Morgan fingerprint density at radius 1 is 1.35 bits per heavy atom. The maximum atomic E-state index is 11.0. The number of aromatic nitrogens is 2. The summed E-state index contributed by atoms with van der Waals surface area (Å²) in [5.41, 5.74) is 0. The van der Waals surface area contributed by atoms with Gasteiger partial charge in [0.15, 0.2) is 5.16 Å². The summed E-state index contributed by atoms with van der Waals surface area (Å²) >= 11 is 1.30. The van der Waals surface area contributed by atoms with Crippen molar-refractivity contribution in [2.45, 2.75) is 30.2 Å². The maximum Gasteiger partial charge on any atom is 0.220 e. The van der Waals surface area contributed by atoms with E-state index in [9.17, 15) is 4.79 Å². The first-order chi connectivity index (χ1) is 8.06. The lowest BCUT2D eigenvalue weighted by Crippen LogP contribution is -2.20. The summed E-state index contributed by atoms with van der Waals surface area (Å²) in [5.74, 6) is 0.840. The van der Waals surface area contributed by atoms with Crippen LogP contribution in [0.5, 0.6) is 11.8 Å². The molecule has 1 rings (SSSR count). The van der Waals surface area contributed by atoms with E-state index in [0.29, 0.717) is 23.3 Å². The van der Waals surface area contributed by atoms with E-state index in [0.717, 1.165) is 6.29 Å². The van der Waals surface area contributed by atoms with Crippen LogP contribution in [0.1, 0.15) is 20.3 Å². The van der Waals surface area contributed by atoms with Crippen LogP contribution >= 0.6 is 11.8 Å². The molecule has 0 bridgehead atoms. The second kappa shape index (κ2) is 5.86. The van der Waals surface area contributed by atoms with Crippen molar-refractivity contribution in [3.63, 3.8) is 0 Å². The summed E-state index contributed by atoms with van der Waals surface area (Å²) in [7, 11) is 3.05. The Hall–Kier alpha value is -1.30. The number of hydrogen-bond donors (Lipinski definition) is 0. The van der Waals surface area contributed by atoms with Crippen LogP contribution in [0.3, 0.4) is 0 Å². The average molecular weight is 256 g/mol. The number of carbonyl (C=O) groups excluding carboxylic acids is 1. The summed E-state index contributed by atoms with van der Waals surface area (Å²) in [6, 6.07) is 1.59. The number of thioether (sulfide) groups is 1. The highest BCUT2D eigenvalue weighted by molar-refractivity contribution is 8.01. The van der Waals surface area contributed by atoms with Gasteiger partial charge in [-0.2, -0.15) is 9.97 Å². The van der Waals surface area contributed by atoms with Gasteiger partial charge in [0.1, 0.15) is 6.29 Å². The SMILES string of the molecule is CCC(C)(C=O)Sc1nc(OC)cc(OC)n1. The molecule has 0 aliphatic carbocycles. The number of carbonyl (C=O) groups is 1. The summed E-state index contributed by atoms with van der Waals surface area (Å²) < 4.78 is 9.56. The van der Waals surface area contributed by atoms with Crippen LogP contribution in [-0.2, 0) is 4.79 Å². The van der Waals surface area contributed by atoms with Gasteiger partial charge in [0.25, 0.3) is 0 Å². The fourth-order valence-corrected chi connectivity index (χ4v) is 1.91. The molecule has 0 spiro atoms. The smallest absolute Gasteiger partial charge is 0.220 e. The number of hydrogen-bond acceptors (Lipinski definition) is 6. The Labute approximate surface area is 105 Å². The zero-order valence-corrected chi connectivity index (χ0v) is 11.2. The molecule has 0 N–H and O–H groups in total. The summed E-state index contributed by atoms with van der Waals surface area (Å²) in [6.07, 6.45) is 1.61. The van der Waals surface area contributed by atoms with Gasteiger partial charge in [-0.25, -0.2) is 0 Å². The molecule has 0 aromatic carbocycles. The average Bonchev–Trinajstić information content (AvgIpc) is 2.37. The quantitative estimate of drug-likeness (QED) is 0.440. The lowest BCUT2D eigenvalue weighted by atomic mass is 10.1. The molecular formula is C11H16N2O3S. The van der Waals surface area contributed by atoms with Crippen molar-refractivity contribution in [1.29, 1.82) is 0 Å². The van der Waals surface area contributed by atoms with Gasteiger partial charge in [0.05, 0.1) is 25.0 Å². The monoisotopic (exact) mass is 256 g/mol. The first-order valence-electron chi connectivity index (χ1n) is 5.19. The molecule has 0 fully saturated rings. The molecule has 0 radical (unpaired) electrons. The van der Waals surface area contributed by atoms with Gasteiger partial charge in [0.2, 0.25) is 11.8 Å². The predicted octanol–water partition coefficient (Wildman–Crippen LogP) is 1.95. The highest BCUT2D eigenvalue weighted by atomic mass is 32.2. The molecule has 94 valence electrons. The third-order valence-electron chi connectivity index (χ3n) is 2.35. The van der Waals surface area contributed by atoms with E-state index in [1.165, 1.54) is 26.0 Å². The maximum absolute atomic E-state index is 11.0. The number of ether oxygens (including phenoxy) is 2. The second-order valence-corrected chi connectivity index (χ2v) is 5.12. The van der Waals surface area contributed by atoms with Crippen molar-refractivity contribution in [3.8, 4) is 11.8 Å². The van der Waals surface area contributed by atoms with E-state index < -0.39 is 4.75 Å². The number of methoxy groups -OCH3 is 2. The Balaban J connectivity index is 3.01. The van der Waals surface area contributed by atoms with Gasteiger partial charge in [-0.1, -0.05) is 18.7 Å². The molecule has 5 nitrogen and oxygen atoms in total. The molecule has 1 aromatic rings. The van der Waals surface area contributed by atoms with Crippen LogP contribution in [-0.4, -0.2) is 35.2 Å². The zero-order valence-electron chi connectivity index (χ0n) is 10.4. The second-order valence-electron chi connectivity index (χ2n) is 3.62. The van der Waals surface area contributed by atoms with Gasteiger partial charge in [0, 0.05) is 0 Å². The fourth-order valence-electron chi connectivity index (χ4n) is 1.03. The van der Waals surface area contributed by atoms with Gasteiger partial charge < -0.3 is 14.3 Å². The molecule has 1 aromatic heterocycles. The molecule has 1 atom stereocenters. The summed E-state index contributed by atoms with van der Waals surface area (Å²) in [4.78, 5) is 19.4. The molecular weight excluding hydrogens is 240 g/mol. The minimum absolute atomic E-state index is 0.420. The molecule has 0 aliphatic rings. The Morgan fingerprint density at radius 3 is 2.24 bits per heavy atom. The van der Waals surface area contributed by atoms with Crippen LogP contribution in [0, 0.1) is 0 Å². The normalized spacial score (nSPS) is 13.9. The minimum Gasteiger partial charge on any atom is -0.481 e. The lowest BCUT2D eigenvalue weighted by molar-refractivity contribution is -0.109. The standard InChI is InChI=1S/C11H16N2O3S/c1-5-11(2,7-14)17-10-12-8(15-3)6-9(13-10)16-4/h6-7H,5H2,1-4H3. The van der Waals surface area contributed by atoms with Crippen LogP contribution in [0.2, 0.25) is 0 Å². The van der Waals surface area contributed by atoms with Gasteiger partial charge >= 0.3 is 0 Å². The predicted molar refractivity (Wildman–Crippen MR) is 65.8 cm³/mol. The molecule has 0 amide bonds. The molecule has 0 saturated heterocycles. The summed E-state index contributed by atoms with van der Waals surface area (Å²) in [5, 5.41) is 0.470. The highest BCUT2D eigenvalue weighted by Gasteiger charge is 2.25. The zero-order chi connectivity index (χ0) is 12.9. The lowest BCUT2D eigenvalue weighted by Gasteiger charge is -2.19. The number of rotatable bonds is 6. The van der Waals surface area contributed by atoms with E-state index in [-0.39, 0.29) is 0 Å². The fraction of sp³-hybridized carbons (Fsp3) is 0.545. The van der Waals surface area contributed by atoms with E-state index in [1.807, 2.05) is 13.8 Å². The first kappa shape index (κ1) is 13.8. The Bertz CT molecular complexity index is 378. The van der Waals surface area contributed by atoms with Crippen molar-refractivity contribution in [1.82, 2.24) is 9.97 Å².